The number of hydrogen-bond donors (Lipinski definition) is 2. The van der Waals surface area contributed by atoms with Gasteiger partial charge in [-0.15, -0.1) is 0 Å². The van der Waals surface area contributed by atoms with Gasteiger partial charge in [-0.1, -0.05) is 30.3 Å². The summed E-state index contributed by atoms with van der Waals surface area (Å²) >= 11 is 0. The van der Waals surface area contributed by atoms with Crippen LogP contribution in [0.2, 0.25) is 0 Å². The Hall–Kier alpha value is -3.19. The average Bonchev–Trinajstić information content (AvgIpc) is 3.01. The maximum atomic E-state index is 11.4. The molecule has 0 atom stereocenters. The minimum absolute atomic E-state index is 0.479. The molecule has 0 unspecified atom stereocenters. The van der Waals surface area contributed by atoms with Crippen molar-refractivity contribution in [1.82, 2.24) is 4.90 Å². The molecule has 1 saturated heterocycles. The summed E-state index contributed by atoms with van der Waals surface area (Å²) < 4.78 is 11.9. The Bertz CT molecular complexity index is 1140. The van der Waals surface area contributed by atoms with Crippen molar-refractivity contribution in [2.75, 3.05) is 49.5 Å². The van der Waals surface area contributed by atoms with Crippen molar-refractivity contribution in [2.24, 2.45) is 5.73 Å². The number of carbonyl (C=O) groups is 1. The molecule has 0 spiro atoms. The van der Waals surface area contributed by atoms with Crippen molar-refractivity contribution in [1.29, 1.82) is 0 Å². The van der Waals surface area contributed by atoms with E-state index in [1.807, 2.05) is 24.3 Å². The van der Waals surface area contributed by atoms with Gasteiger partial charge in [-0.2, -0.15) is 0 Å². The van der Waals surface area contributed by atoms with Gasteiger partial charge in [0.15, 0.2) is 0 Å². The van der Waals surface area contributed by atoms with Crippen LogP contribution in [0.15, 0.2) is 46.9 Å². The fraction of sp³-hybridized carbons (Fsp3) is 0.444. The molecule has 2 aliphatic rings. The standard InChI is InChI=1S/C27H34N4O3/c28-27(32)29-26-22(21-10-1-2-13-24(21)34-26)11-3-4-14-30-15-7-16-31(18-17-30)23-12-5-8-20-9-6-19-33-25(20)23/h1-2,5,8,10,12-13H,3-4,6-7,9,11,14-19H2,(H3,28,29,32). The lowest BCUT2D eigenvalue weighted by molar-refractivity contribution is 0.259. The molecule has 34 heavy (non-hydrogen) atoms. The van der Waals surface area contributed by atoms with Crippen LogP contribution in [0.5, 0.6) is 5.75 Å². The predicted octanol–water partition coefficient (Wildman–Crippen LogP) is 4.78. The van der Waals surface area contributed by atoms with Crippen molar-refractivity contribution in [3.8, 4) is 5.75 Å². The quantitative estimate of drug-likeness (QED) is 0.494. The van der Waals surface area contributed by atoms with Crippen LogP contribution in [0.4, 0.5) is 16.4 Å². The van der Waals surface area contributed by atoms with Crippen LogP contribution in [0.25, 0.3) is 11.0 Å². The van der Waals surface area contributed by atoms with Crippen LogP contribution in [0, 0.1) is 0 Å². The number of amides is 2. The number of anilines is 2. The van der Waals surface area contributed by atoms with E-state index in [9.17, 15) is 4.79 Å². The van der Waals surface area contributed by atoms with Crippen molar-refractivity contribution >= 4 is 28.6 Å². The molecule has 2 amide bonds. The number of fused-ring (bicyclic) bond motifs is 2. The topological polar surface area (TPSA) is 84.0 Å². The first kappa shape index (κ1) is 22.6. The lowest BCUT2D eigenvalue weighted by Gasteiger charge is -2.28. The number of nitrogens with two attached hydrogens (primary N) is 1. The Morgan fingerprint density at radius 3 is 2.82 bits per heavy atom. The maximum absolute atomic E-state index is 11.4. The summed E-state index contributed by atoms with van der Waals surface area (Å²) in [6.45, 7) is 6.18. The van der Waals surface area contributed by atoms with E-state index in [2.05, 4.69) is 33.3 Å². The summed E-state index contributed by atoms with van der Waals surface area (Å²) in [5, 5.41) is 3.70. The zero-order chi connectivity index (χ0) is 23.3. The summed E-state index contributed by atoms with van der Waals surface area (Å²) in [4.78, 5) is 16.5. The van der Waals surface area contributed by atoms with Gasteiger partial charge in [-0.3, -0.25) is 5.32 Å². The van der Waals surface area contributed by atoms with E-state index in [-0.39, 0.29) is 0 Å². The highest BCUT2D eigenvalue weighted by Gasteiger charge is 2.21. The Morgan fingerprint density at radius 2 is 1.91 bits per heavy atom. The van der Waals surface area contributed by atoms with Gasteiger partial charge < -0.3 is 24.7 Å². The fourth-order valence-corrected chi connectivity index (χ4v) is 5.25. The second kappa shape index (κ2) is 10.4. The number of ether oxygens (including phenoxy) is 1. The van der Waals surface area contributed by atoms with E-state index < -0.39 is 6.03 Å². The number of carbonyl (C=O) groups excluding carboxylic acids is 1. The number of nitrogens with zero attached hydrogens (tertiary/aromatic N) is 2. The van der Waals surface area contributed by atoms with Gasteiger partial charge in [0.25, 0.3) is 0 Å². The van der Waals surface area contributed by atoms with Crippen LogP contribution >= 0.6 is 0 Å². The van der Waals surface area contributed by atoms with E-state index in [1.165, 1.54) is 11.3 Å². The first-order valence-electron chi connectivity index (χ1n) is 12.5. The van der Waals surface area contributed by atoms with Gasteiger partial charge in [-0.05, 0) is 69.3 Å². The highest BCUT2D eigenvalue weighted by Crippen LogP contribution is 2.36. The highest BCUT2D eigenvalue weighted by atomic mass is 16.5. The van der Waals surface area contributed by atoms with Gasteiger partial charge >= 0.3 is 6.03 Å². The molecule has 1 aromatic heterocycles. The number of aryl methyl sites for hydroxylation is 2. The molecule has 0 radical (unpaired) electrons. The van der Waals surface area contributed by atoms with E-state index >= 15 is 0 Å². The zero-order valence-corrected chi connectivity index (χ0v) is 19.7. The van der Waals surface area contributed by atoms with Gasteiger partial charge in [-0.25, -0.2) is 4.79 Å². The molecule has 3 N–H and O–H groups in total. The number of nitrogens with one attached hydrogen (secondary N) is 1. The Kier molecular flexibility index (Phi) is 6.90. The van der Waals surface area contributed by atoms with E-state index in [4.69, 9.17) is 14.9 Å². The number of benzene rings is 2. The molecule has 5 rings (SSSR count). The molecule has 0 saturated carbocycles. The molecule has 2 aromatic carbocycles. The SMILES string of the molecule is NC(=O)Nc1oc2ccccc2c1CCCCN1CCCN(c2cccc3c2OCCC3)CC1. The molecule has 2 aliphatic heterocycles. The molecule has 7 heteroatoms. The number of hydrogen-bond acceptors (Lipinski definition) is 5. The van der Waals surface area contributed by atoms with Crippen LogP contribution in [0.1, 0.15) is 36.8 Å². The minimum atomic E-state index is -0.598. The third kappa shape index (κ3) is 4.99. The van der Waals surface area contributed by atoms with Crippen molar-refractivity contribution in [2.45, 2.75) is 38.5 Å². The van der Waals surface area contributed by atoms with Gasteiger partial charge in [0, 0.05) is 30.6 Å². The number of rotatable bonds is 7. The van der Waals surface area contributed by atoms with Crippen molar-refractivity contribution in [3.63, 3.8) is 0 Å². The Labute approximate surface area is 200 Å². The number of para-hydroxylation sites is 2. The summed E-state index contributed by atoms with van der Waals surface area (Å²) in [6.07, 6.45) is 6.35. The van der Waals surface area contributed by atoms with Crippen LogP contribution in [-0.2, 0) is 12.8 Å². The Morgan fingerprint density at radius 1 is 1.00 bits per heavy atom. The third-order valence-corrected chi connectivity index (χ3v) is 6.93. The van der Waals surface area contributed by atoms with Crippen LogP contribution < -0.4 is 20.7 Å². The molecule has 1 fully saturated rings. The zero-order valence-electron chi connectivity index (χ0n) is 19.7. The van der Waals surface area contributed by atoms with Gasteiger partial charge in [0.05, 0.1) is 12.3 Å². The Balaban J connectivity index is 1.15. The molecule has 180 valence electrons. The summed E-state index contributed by atoms with van der Waals surface area (Å²) in [6, 6.07) is 13.9. The fourth-order valence-electron chi connectivity index (χ4n) is 5.25. The van der Waals surface area contributed by atoms with Gasteiger partial charge in [0.2, 0.25) is 5.88 Å². The largest absolute Gasteiger partial charge is 0.491 e. The summed E-state index contributed by atoms with van der Waals surface area (Å²) in [5.74, 6) is 1.59. The first-order chi connectivity index (χ1) is 16.7. The molecular formula is C27H34N4O3. The number of urea groups is 1. The molecule has 7 nitrogen and oxygen atoms in total. The molecule has 3 aromatic rings. The molecular weight excluding hydrogens is 428 g/mol. The lowest BCUT2D eigenvalue weighted by atomic mass is 10.0. The van der Waals surface area contributed by atoms with Crippen molar-refractivity contribution in [3.05, 3.63) is 53.6 Å². The first-order valence-corrected chi connectivity index (χ1v) is 12.5. The van der Waals surface area contributed by atoms with Crippen LogP contribution in [-0.4, -0.2) is 50.3 Å². The van der Waals surface area contributed by atoms with Crippen molar-refractivity contribution < 1.29 is 13.9 Å². The third-order valence-electron chi connectivity index (χ3n) is 6.93. The highest BCUT2D eigenvalue weighted by molar-refractivity contribution is 5.93. The summed E-state index contributed by atoms with van der Waals surface area (Å²) in [5.41, 5.74) is 9.77. The lowest BCUT2D eigenvalue weighted by Crippen LogP contribution is -2.32. The maximum Gasteiger partial charge on any atom is 0.318 e. The number of unbranched alkanes of at least 4 members (excludes halogenated alkanes) is 1. The monoisotopic (exact) mass is 462 g/mol. The summed E-state index contributed by atoms with van der Waals surface area (Å²) in [7, 11) is 0. The van der Waals surface area contributed by atoms with E-state index in [0.717, 1.165) is 100 Å². The number of furan rings is 1. The van der Waals surface area contributed by atoms with Crippen LogP contribution in [0.3, 0.4) is 0 Å². The van der Waals surface area contributed by atoms with Gasteiger partial charge in [0.1, 0.15) is 11.3 Å². The smallest absolute Gasteiger partial charge is 0.318 e. The minimum Gasteiger partial charge on any atom is -0.491 e. The molecule has 0 bridgehead atoms. The van der Waals surface area contributed by atoms with E-state index in [0.29, 0.717) is 5.88 Å². The normalized spacial score (nSPS) is 16.6. The number of primary amides is 1. The predicted molar refractivity (Wildman–Crippen MR) is 136 cm³/mol. The average molecular weight is 463 g/mol. The second-order valence-electron chi connectivity index (χ2n) is 9.25. The van der Waals surface area contributed by atoms with E-state index in [1.54, 1.807) is 0 Å². The molecule has 3 heterocycles. The second-order valence-corrected chi connectivity index (χ2v) is 9.25. The molecule has 0 aliphatic carbocycles.